The molecule has 1 N–H and O–H groups in total. The van der Waals surface area contributed by atoms with Gasteiger partial charge in [-0.1, -0.05) is 13.3 Å². The monoisotopic (exact) mass is 173 g/mol. The van der Waals surface area contributed by atoms with Crippen molar-refractivity contribution in [3.8, 4) is 0 Å². The van der Waals surface area contributed by atoms with Crippen molar-refractivity contribution < 1.29 is 9.47 Å². The van der Waals surface area contributed by atoms with Gasteiger partial charge in [-0.25, -0.2) is 0 Å². The SMILES string of the molecule is CCCCNCC1OCCCO1. The van der Waals surface area contributed by atoms with Crippen molar-refractivity contribution in [2.75, 3.05) is 26.3 Å². The van der Waals surface area contributed by atoms with E-state index in [4.69, 9.17) is 9.47 Å². The summed E-state index contributed by atoms with van der Waals surface area (Å²) in [6, 6.07) is 0. The van der Waals surface area contributed by atoms with E-state index in [0.717, 1.165) is 32.7 Å². The van der Waals surface area contributed by atoms with E-state index in [-0.39, 0.29) is 6.29 Å². The summed E-state index contributed by atoms with van der Waals surface area (Å²) < 4.78 is 10.7. The Labute approximate surface area is 74.4 Å². The molecule has 0 aromatic rings. The normalized spacial score (nSPS) is 19.8. The number of hydrogen-bond donors (Lipinski definition) is 1. The molecular formula is C9H19NO2. The van der Waals surface area contributed by atoms with E-state index < -0.39 is 0 Å². The molecule has 0 aromatic carbocycles. The number of nitrogens with one attached hydrogen (secondary N) is 1. The summed E-state index contributed by atoms with van der Waals surface area (Å²) in [6.45, 7) is 5.79. The van der Waals surface area contributed by atoms with Crippen LogP contribution in [-0.2, 0) is 9.47 Å². The van der Waals surface area contributed by atoms with Gasteiger partial charge in [0.05, 0.1) is 13.2 Å². The van der Waals surface area contributed by atoms with Crippen molar-refractivity contribution in [3.05, 3.63) is 0 Å². The van der Waals surface area contributed by atoms with E-state index in [1.54, 1.807) is 0 Å². The lowest BCUT2D eigenvalue weighted by molar-refractivity contribution is -0.175. The average molecular weight is 173 g/mol. The minimum absolute atomic E-state index is 0.00407. The van der Waals surface area contributed by atoms with Crippen molar-refractivity contribution in [2.45, 2.75) is 32.5 Å². The molecule has 1 saturated heterocycles. The van der Waals surface area contributed by atoms with Crippen molar-refractivity contribution in [2.24, 2.45) is 0 Å². The molecular weight excluding hydrogens is 154 g/mol. The molecule has 72 valence electrons. The minimum Gasteiger partial charge on any atom is -0.351 e. The number of unbranched alkanes of at least 4 members (excludes halogenated alkanes) is 1. The van der Waals surface area contributed by atoms with Crippen molar-refractivity contribution in [1.82, 2.24) is 5.32 Å². The van der Waals surface area contributed by atoms with Crippen LogP contribution in [0.15, 0.2) is 0 Å². The third kappa shape index (κ3) is 4.04. The second-order valence-electron chi connectivity index (χ2n) is 3.08. The minimum atomic E-state index is -0.00407. The van der Waals surface area contributed by atoms with E-state index in [9.17, 15) is 0 Å². The predicted octanol–water partition coefficient (Wildman–Crippen LogP) is 1.14. The molecule has 0 saturated carbocycles. The Kier molecular flexibility index (Phi) is 5.32. The highest BCUT2D eigenvalue weighted by Crippen LogP contribution is 2.02. The zero-order valence-electron chi connectivity index (χ0n) is 7.84. The maximum Gasteiger partial charge on any atom is 0.169 e. The van der Waals surface area contributed by atoms with E-state index in [2.05, 4.69) is 12.2 Å². The molecule has 0 bridgehead atoms. The first-order valence-corrected chi connectivity index (χ1v) is 4.87. The van der Waals surface area contributed by atoms with Crippen molar-refractivity contribution in [1.29, 1.82) is 0 Å². The Balaban J connectivity index is 1.91. The highest BCUT2D eigenvalue weighted by molar-refractivity contribution is 4.55. The van der Waals surface area contributed by atoms with Crippen LogP contribution < -0.4 is 5.32 Å². The van der Waals surface area contributed by atoms with Gasteiger partial charge in [0.2, 0.25) is 0 Å². The summed E-state index contributed by atoms with van der Waals surface area (Å²) in [5.74, 6) is 0. The van der Waals surface area contributed by atoms with Gasteiger partial charge < -0.3 is 14.8 Å². The first-order valence-electron chi connectivity index (χ1n) is 4.87. The summed E-state index contributed by atoms with van der Waals surface area (Å²) in [4.78, 5) is 0. The lowest BCUT2D eigenvalue weighted by atomic mass is 10.3. The molecule has 0 amide bonds. The molecule has 1 fully saturated rings. The van der Waals surface area contributed by atoms with Gasteiger partial charge in [0.1, 0.15) is 0 Å². The van der Waals surface area contributed by atoms with Crippen LogP contribution in [-0.4, -0.2) is 32.6 Å². The lowest BCUT2D eigenvalue weighted by Crippen LogP contribution is -2.35. The van der Waals surface area contributed by atoms with Gasteiger partial charge in [-0.3, -0.25) is 0 Å². The van der Waals surface area contributed by atoms with E-state index in [1.165, 1.54) is 12.8 Å². The van der Waals surface area contributed by atoms with Crippen molar-refractivity contribution in [3.63, 3.8) is 0 Å². The molecule has 0 aliphatic carbocycles. The summed E-state index contributed by atoms with van der Waals surface area (Å²) in [5, 5.41) is 3.31. The summed E-state index contributed by atoms with van der Waals surface area (Å²) >= 11 is 0. The largest absolute Gasteiger partial charge is 0.351 e. The van der Waals surface area contributed by atoms with Gasteiger partial charge in [0.25, 0.3) is 0 Å². The molecule has 0 radical (unpaired) electrons. The van der Waals surface area contributed by atoms with Crippen LogP contribution in [0.2, 0.25) is 0 Å². The zero-order chi connectivity index (χ0) is 8.65. The van der Waals surface area contributed by atoms with Gasteiger partial charge >= 0.3 is 0 Å². The lowest BCUT2D eigenvalue weighted by Gasteiger charge is -2.23. The number of hydrogen-bond acceptors (Lipinski definition) is 3. The average Bonchev–Trinajstić information content (AvgIpc) is 2.14. The highest BCUT2D eigenvalue weighted by Gasteiger charge is 2.12. The molecule has 12 heavy (non-hydrogen) atoms. The standard InChI is InChI=1S/C9H19NO2/c1-2-3-5-10-8-9-11-6-4-7-12-9/h9-10H,2-8H2,1H3. The highest BCUT2D eigenvalue weighted by atomic mass is 16.7. The Bertz CT molecular complexity index is 103. The van der Waals surface area contributed by atoms with Crippen LogP contribution >= 0.6 is 0 Å². The second-order valence-corrected chi connectivity index (χ2v) is 3.08. The Morgan fingerprint density at radius 2 is 2.08 bits per heavy atom. The fourth-order valence-electron chi connectivity index (χ4n) is 1.18. The van der Waals surface area contributed by atoms with Gasteiger partial charge in [0.15, 0.2) is 6.29 Å². The summed E-state index contributed by atoms with van der Waals surface area (Å²) in [7, 11) is 0. The van der Waals surface area contributed by atoms with Gasteiger partial charge in [-0.05, 0) is 19.4 Å². The molecule has 1 heterocycles. The van der Waals surface area contributed by atoms with Gasteiger partial charge in [-0.15, -0.1) is 0 Å². The molecule has 1 aliphatic heterocycles. The molecule has 1 aliphatic rings. The first-order chi connectivity index (χ1) is 5.93. The van der Waals surface area contributed by atoms with Crippen LogP contribution in [0.25, 0.3) is 0 Å². The van der Waals surface area contributed by atoms with E-state index in [0.29, 0.717) is 0 Å². The maximum atomic E-state index is 5.37. The van der Waals surface area contributed by atoms with E-state index >= 15 is 0 Å². The fraction of sp³-hybridized carbons (Fsp3) is 1.00. The van der Waals surface area contributed by atoms with Crippen LogP contribution in [0.3, 0.4) is 0 Å². The molecule has 0 spiro atoms. The Hall–Kier alpha value is -0.120. The zero-order valence-corrected chi connectivity index (χ0v) is 7.84. The molecule has 3 nitrogen and oxygen atoms in total. The maximum absolute atomic E-state index is 5.37. The van der Waals surface area contributed by atoms with Crippen molar-refractivity contribution >= 4 is 0 Å². The third-order valence-corrected chi connectivity index (χ3v) is 1.91. The first kappa shape index (κ1) is 9.96. The topological polar surface area (TPSA) is 30.5 Å². The second kappa shape index (κ2) is 6.40. The molecule has 0 unspecified atom stereocenters. The van der Waals surface area contributed by atoms with Crippen LogP contribution in [0.5, 0.6) is 0 Å². The molecule has 0 aromatic heterocycles. The molecule has 0 atom stereocenters. The summed E-state index contributed by atoms with van der Waals surface area (Å²) in [5.41, 5.74) is 0. The van der Waals surface area contributed by atoms with E-state index in [1.807, 2.05) is 0 Å². The van der Waals surface area contributed by atoms with Gasteiger partial charge in [-0.2, -0.15) is 0 Å². The number of rotatable bonds is 5. The molecule has 1 rings (SSSR count). The van der Waals surface area contributed by atoms with Crippen LogP contribution in [0.1, 0.15) is 26.2 Å². The summed E-state index contributed by atoms with van der Waals surface area (Å²) in [6.07, 6.45) is 3.49. The smallest absolute Gasteiger partial charge is 0.169 e. The third-order valence-electron chi connectivity index (χ3n) is 1.91. The molecule has 3 heteroatoms. The Morgan fingerprint density at radius 1 is 1.33 bits per heavy atom. The van der Waals surface area contributed by atoms with Crippen LogP contribution in [0.4, 0.5) is 0 Å². The number of ether oxygens (including phenoxy) is 2. The van der Waals surface area contributed by atoms with Gasteiger partial charge in [0, 0.05) is 6.54 Å². The fourth-order valence-corrected chi connectivity index (χ4v) is 1.18. The Morgan fingerprint density at radius 3 is 2.75 bits per heavy atom. The van der Waals surface area contributed by atoms with Crippen LogP contribution in [0, 0.1) is 0 Å². The predicted molar refractivity (Wildman–Crippen MR) is 48.1 cm³/mol. The quantitative estimate of drug-likeness (QED) is 0.632.